The van der Waals surface area contributed by atoms with Crippen LogP contribution in [0.1, 0.15) is 23.0 Å². The zero-order valence-corrected chi connectivity index (χ0v) is 12.0. The van der Waals surface area contributed by atoms with Gasteiger partial charge < -0.3 is 5.32 Å². The molecule has 2 aromatic rings. The molecule has 1 aromatic carbocycles. The van der Waals surface area contributed by atoms with Crippen LogP contribution in [0.5, 0.6) is 0 Å². The third kappa shape index (κ3) is 2.53. The van der Waals surface area contributed by atoms with Crippen molar-refractivity contribution in [3.05, 3.63) is 51.3 Å². The van der Waals surface area contributed by atoms with Crippen molar-refractivity contribution in [3.8, 4) is 0 Å². The highest BCUT2D eigenvalue weighted by atomic mass is 35.5. The fourth-order valence-corrected chi connectivity index (χ4v) is 2.38. The summed E-state index contributed by atoms with van der Waals surface area (Å²) in [5.74, 6) is 0. The Kier molecular flexibility index (Phi) is 3.95. The summed E-state index contributed by atoms with van der Waals surface area (Å²) in [7, 11) is 3.85. The molecule has 96 valence electrons. The standard InChI is InChI=1S/C13H15Cl2N3/c1-8-6-12(18(3)17-8)13(16-2)9-4-5-10(14)11(15)7-9/h4-7,13,16H,1-3H3. The lowest BCUT2D eigenvalue weighted by Gasteiger charge is -2.17. The first kappa shape index (κ1) is 13.4. The molecule has 2 rings (SSSR count). The largest absolute Gasteiger partial charge is 0.308 e. The fourth-order valence-electron chi connectivity index (χ4n) is 2.08. The number of rotatable bonds is 3. The Morgan fingerprint density at radius 1 is 1.22 bits per heavy atom. The molecule has 1 heterocycles. The maximum Gasteiger partial charge on any atom is 0.0746 e. The maximum absolute atomic E-state index is 6.07. The molecule has 0 saturated heterocycles. The van der Waals surface area contributed by atoms with Gasteiger partial charge in [0.25, 0.3) is 0 Å². The Labute approximate surface area is 117 Å². The summed E-state index contributed by atoms with van der Waals surface area (Å²) in [6.45, 7) is 1.98. The van der Waals surface area contributed by atoms with Crippen LogP contribution in [-0.4, -0.2) is 16.8 Å². The number of benzene rings is 1. The molecule has 0 aliphatic heterocycles. The van der Waals surface area contributed by atoms with E-state index in [-0.39, 0.29) is 6.04 Å². The number of hydrogen-bond acceptors (Lipinski definition) is 2. The lowest BCUT2D eigenvalue weighted by atomic mass is 10.0. The monoisotopic (exact) mass is 283 g/mol. The third-order valence-electron chi connectivity index (χ3n) is 2.90. The van der Waals surface area contributed by atoms with E-state index in [0.29, 0.717) is 10.0 Å². The average Bonchev–Trinajstić information content (AvgIpc) is 2.64. The van der Waals surface area contributed by atoms with Gasteiger partial charge in [0.05, 0.1) is 27.5 Å². The molecule has 0 fully saturated rings. The molecule has 0 aliphatic carbocycles. The van der Waals surface area contributed by atoms with E-state index in [4.69, 9.17) is 23.2 Å². The summed E-state index contributed by atoms with van der Waals surface area (Å²) in [5, 5.41) is 8.77. The summed E-state index contributed by atoms with van der Waals surface area (Å²) in [4.78, 5) is 0. The second kappa shape index (κ2) is 5.31. The first-order valence-corrected chi connectivity index (χ1v) is 6.41. The molecule has 0 amide bonds. The molecule has 0 radical (unpaired) electrons. The van der Waals surface area contributed by atoms with Crippen molar-refractivity contribution in [2.24, 2.45) is 7.05 Å². The number of nitrogens with one attached hydrogen (secondary N) is 1. The number of nitrogens with zero attached hydrogens (tertiary/aromatic N) is 2. The van der Waals surface area contributed by atoms with Crippen molar-refractivity contribution in [2.45, 2.75) is 13.0 Å². The van der Waals surface area contributed by atoms with Crippen molar-refractivity contribution < 1.29 is 0 Å². The second-order valence-electron chi connectivity index (χ2n) is 4.23. The van der Waals surface area contributed by atoms with Crippen molar-refractivity contribution in [1.29, 1.82) is 0 Å². The summed E-state index contributed by atoms with van der Waals surface area (Å²) in [5.41, 5.74) is 3.15. The van der Waals surface area contributed by atoms with Gasteiger partial charge in [-0.3, -0.25) is 4.68 Å². The highest BCUT2D eigenvalue weighted by molar-refractivity contribution is 6.42. The summed E-state index contributed by atoms with van der Waals surface area (Å²) in [6.07, 6.45) is 0. The van der Waals surface area contributed by atoms with Gasteiger partial charge in [-0.25, -0.2) is 0 Å². The smallest absolute Gasteiger partial charge is 0.0746 e. The van der Waals surface area contributed by atoms with Gasteiger partial charge in [-0.1, -0.05) is 29.3 Å². The van der Waals surface area contributed by atoms with Gasteiger partial charge in [-0.15, -0.1) is 0 Å². The van der Waals surface area contributed by atoms with Gasteiger partial charge in [-0.2, -0.15) is 5.10 Å². The topological polar surface area (TPSA) is 29.9 Å². The van der Waals surface area contributed by atoms with Gasteiger partial charge in [-0.05, 0) is 37.7 Å². The lowest BCUT2D eigenvalue weighted by molar-refractivity contribution is 0.605. The molecular weight excluding hydrogens is 269 g/mol. The minimum atomic E-state index is 0.0472. The van der Waals surface area contributed by atoms with Gasteiger partial charge in [0.2, 0.25) is 0 Å². The van der Waals surface area contributed by atoms with Crippen LogP contribution >= 0.6 is 23.2 Å². The Morgan fingerprint density at radius 2 is 1.94 bits per heavy atom. The minimum absolute atomic E-state index is 0.0472. The van der Waals surface area contributed by atoms with Crippen molar-refractivity contribution in [3.63, 3.8) is 0 Å². The Hall–Kier alpha value is -1.03. The zero-order valence-electron chi connectivity index (χ0n) is 10.5. The minimum Gasteiger partial charge on any atom is -0.308 e. The highest BCUT2D eigenvalue weighted by Gasteiger charge is 2.17. The van der Waals surface area contributed by atoms with E-state index >= 15 is 0 Å². The van der Waals surface area contributed by atoms with E-state index in [1.165, 1.54) is 0 Å². The summed E-state index contributed by atoms with van der Waals surface area (Å²) < 4.78 is 1.87. The quantitative estimate of drug-likeness (QED) is 0.936. The lowest BCUT2D eigenvalue weighted by Crippen LogP contribution is -2.20. The predicted octanol–water partition coefficient (Wildman–Crippen LogP) is 3.34. The summed E-state index contributed by atoms with van der Waals surface area (Å²) >= 11 is 12.0. The fraction of sp³-hybridized carbons (Fsp3) is 0.308. The number of aromatic nitrogens is 2. The van der Waals surface area contributed by atoms with E-state index in [9.17, 15) is 0 Å². The second-order valence-corrected chi connectivity index (χ2v) is 5.04. The van der Waals surface area contributed by atoms with Gasteiger partial charge in [0.1, 0.15) is 0 Å². The molecule has 18 heavy (non-hydrogen) atoms. The number of aryl methyl sites for hydroxylation is 2. The van der Waals surface area contributed by atoms with Crippen LogP contribution in [0.2, 0.25) is 10.0 Å². The zero-order chi connectivity index (χ0) is 13.3. The Morgan fingerprint density at radius 3 is 2.44 bits per heavy atom. The number of hydrogen-bond donors (Lipinski definition) is 1. The van der Waals surface area contributed by atoms with Crippen LogP contribution < -0.4 is 5.32 Å². The molecule has 1 atom stereocenters. The predicted molar refractivity (Wildman–Crippen MR) is 75.3 cm³/mol. The van der Waals surface area contributed by atoms with Crippen molar-refractivity contribution >= 4 is 23.2 Å². The van der Waals surface area contributed by atoms with Crippen LogP contribution in [-0.2, 0) is 7.05 Å². The van der Waals surface area contributed by atoms with E-state index in [0.717, 1.165) is 17.0 Å². The first-order valence-electron chi connectivity index (χ1n) is 5.65. The molecule has 0 aliphatic rings. The van der Waals surface area contributed by atoms with Crippen LogP contribution in [0.4, 0.5) is 0 Å². The Bertz CT molecular complexity index is 563. The van der Waals surface area contributed by atoms with E-state index in [1.54, 1.807) is 0 Å². The highest BCUT2D eigenvalue weighted by Crippen LogP contribution is 2.28. The van der Waals surface area contributed by atoms with E-state index in [1.807, 2.05) is 43.9 Å². The normalized spacial score (nSPS) is 12.7. The van der Waals surface area contributed by atoms with Crippen LogP contribution in [0.15, 0.2) is 24.3 Å². The first-order chi connectivity index (χ1) is 8.52. The number of halogens is 2. The molecule has 3 nitrogen and oxygen atoms in total. The molecule has 1 N–H and O–H groups in total. The van der Waals surface area contributed by atoms with Gasteiger partial charge >= 0.3 is 0 Å². The van der Waals surface area contributed by atoms with Crippen molar-refractivity contribution in [1.82, 2.24) is 15.1 Å². The Balaban J connectivity index is 2.45. The third-order valence-corrected chi connectivity index (χ3v) is 3.64. The average molecular weight is 284 g/mol. The molecule has 0 saturated carbocycles. The van der Waals surface area contributed by atoms with Crippen LogP contribution in [0.25, 0.3) is 0 Å². The molecule has 5 heteroatoms. The molecule has 1 aromatic heterocycles. The maximum atomic E-state index is 6.07. The van der Waals surface area contributed by atoms with Gasteiger partial charge in [0.15, 0.2) is 0 Å². The van der Waals surface area contributed by atoms with Gasteiger partial charge in [0, 0.05) is 7.05 Å². The summed E-state index contributed by atoms with van der Waals surface area (Å²) in [6, 6.07) is 7.77. The SMILES string of the molecule is CNC(c1ccc(Cl)c(Cl)c1)c1cc(C)nn1C. The van der Waals surface area contributed by atoms with Crippen molar-refractivity contribution in [2.75, 3.05) is 7.05 Å². The van der Waals surface area contributed by atoms with E-state index < -0.39 is 0 Å². The van der Waals surface area contributed by atoms with Crippen LogP contribution in [0.3, 0.4) is 0 Å². The molecule has 0 spiro atoms. The molecular formula is C13H15Cl2N3. The molecule has 0 bridgehead atoms. The molecule has 1 unspecified atom stereocenters. The van der Waals surface area contributed by atoms with E-state index in [2.05, 4.69) is 16.5 Å². The van der Waals surface area contributed by atoms with Crippen LogP contribution in [0, 0.1) is 6.92 Å².